The predicted molar refractivity (Wildman–Crippen MR) is 62.2 cm³/mol. The summed E-state index contributed by atoms with van der Waals surface area (Å²) in [7, 11) is 0. The zero-order valence-electron chi connectivity index (χ0n) is 10.8. The van der Waals surface area contributed by atoms with Crippen LogP contribution in [0.2, 0.25) is 0 Å². The number of hydrogen-bond acceptors (Lipinski definition) is 0. The molecule has 2 bridgehead atoms. The van der Waals surface area contributed by atoms with Gasteiger partial charge in [0.25, 0.3) is 0 Å². The number of fused-ring (bicyclic) bond motifs is 2. The lowest BCUT2D eigenvalue weighted by Crippen LogP contribution is -2.39. The number of rotatable bonds is 0. The van der Waals surface area contributed by atoms with Crippen LogP contribution in [-0.2, 0) is 0 Å². The van der Waals surface area contributed by atoms with Gasteiger partial charge in [-0.25, -0.2) is 0 Å². The van der Waals surface area contributed by atoms with Crippen molar-refractivity contribution in [2.45, 2.75) is 60.8 Å². The zero-order chi connectivity index (χ0) is 10.8. The minimum absolute atomic E-state index is 0.495. The molecule has 0 aromatic rings. The minimum Gasteiger partial charge on any atom is -0.0617 e. The Morgan fingerprint density at radius 2 is 1.57 bits per heavy atom. The van der Waals surface area contributed by atoms with Crippen LogP contribution < -0.4 is 0 Å². The Morgan fingerprint density at radius 3 is 1.86 bits per heavy atom. The van der Waals surface area contributed by atoms with Gasteiger partial charge in [-0.3, -0.25) is 0 Å². The van der Waals surface area contributed by atoms with Crippen LogP contribution in [0.25, 0.3) is 0 Å². The molecule has 2 fully saturated rings. The second-order valence-electron chi connectivity index (χ2n) is 7.31. The summed E-state index contributed by atoms with van der Waals surface area (Å²) in [5.74, 6) is 1.84. The highest BCUT2D eigenvalue weighted by Gasteiger charge is 2.63. The fourth-order valence-corrected chi connectivity index (χ4v) is 4.59. The first-order chi connectivity index (χ1) is 6.23. The molecule has 2 rings (SSSR count). The molecule has 0 aliphatic heterocycles. The van der Waals surface area contributed by atoms with Gasteiger partial charge in [-0.15, -0.1) is 0 Å². The molecule has 2 saturated carbocycles. The summed E-state index contributed by atoms with van der Waals surface area (Å²) in [5.41, 5.74) is 1.79. The summed E-state index contributed by atoms with van der Waals surface area (Å²) in [5, 5.41) is 0. The van der Waals surface area contributed by atoms with Crippen molar-refractivity contribution in [2.24, 2.45) is 28.1 Å². The molecule has 0 saturated heterocycles. The van der Waals surface area contributed by atoms with E-state index in [0.29, 0.717) is 16.2 Å². The lowest BCUT2D eigenvalue weighted by Gasteiger charge is -2.46. The van der Waals surface area contributed by atoms with Gasteiger partial charge in [0.15, 0.2) is 0 Å². The lowest BCUT2D eigenvalue weighted by molar-refractivity contribution is 0.0237. The first-order valence-corrected chi connectivity index (χ1v) is 6.23. The van der Waals surface area contributed by atoms with Crippen LogP contribution in [0.3, 0.4) is 0 Å². The monoisotopic (exact) mass is 194 g/mol. The Bertz CT molecular complexity index is 247. The summed E-state index contributed by atoms with van der Waals surface area (Å²) in [6.07, 6.45) is 4.42. The van der Waals surface area contributed by atoms with E-state index in [4.69, 9.17) is 0 Å². The van der Waals surface area contributed by atoms with Crippen molar-refractivity contribution < 1.29 is 0 Å². The molecule has 0 aromatic heterocycles. The van der Waals surface area contributed by atoms with Crippen LogP contribution in [0.15, 0.2) is 0 Å². The van der Waals surface area contributed by atoms with Crippen LogP contribution in [0, 0.1) is 28.1 Å². The molecule has 14 heavy (non-hydrogen) atoms. The van der Waals surface area contributed by atoms with Gasteiger partial charge in [-0.05, 0) is 47.3 Å². The third kappa shape index (κ3) is 1.01. The molecule has 0 radical (unpaired) electrons. The van der Waals surface area contributed by atoms with E-state index < -0.39 is 0 Å². The maximum atomic E-state index is 2.52. The lowest BCUT2D eigenvalue weighted by atomic mass is 9.58. The molecule has 0 amide bonds. The van der Waals surface area contributed by atoms with Crippen LogP contribution in [0.5, 0.6) is 0 Å². The summed E-state index contributed by atoms with van der Waals surface area (Å²) in [6.45, 7) is 14.9. The molecule has 0 spiro atoms. The van der Waals surface area contributed by atoms with Gasteiger partial charge in [0.1, 0.15) is 0 Å². The van der Waals surface area contributed by atoms with Gasteiger partial charge in [0.05, 0.1) is 0 Å². The minimum atomic E-state index is 0.495. The van der Waals surface area contributed by atoms with Crippen LogP contribution in [0.1, 0.15) is 60.8 Å². The van der Waals surface area contributed by atoms with Crippen LogP contribution in [0.4, 0.5) is 0 Å². The van der Waals surface area contributed by atoms with Crippen molar-refractivity contribution in [3.05, 3.63) is 0 Å². The van der Waals surface area contributed by atoms with Crippen molar-refractivity contribution in [3.63, 3.8) is 0 Å². The summed E-state index contributed by atoms with van der Waals surface area (Å²) in [6, 6.07) is 0. The van der Waals surface area contributed by atoms with Crippen molar-refractivity contribution in [2.75, 3.05) is 0 Å². The fraction of sp³-hybridized carbons (Fsp3) is 1.00. The molecule has 4 atom stereocenters. The van der Waals surface area contributed by atoms with E-state index in [-0.39, 0.29) is 0 Å². The Hall–Kier alpha value is 0. The fourth-order valence-electron chi connectivity index (χ4n) is 4.59. The zero-order valence-corrected chi connectivity index (χ0v) is 10.8. The van der Waals surface area contributed by atoms with Crippen molar-refractivity contribution in [3.8, 4) is 0 Å². The Balaban J connectivity index is 2.41. The van der Waals surface area contributed by atoms with E-state index in [0.717, 1.165) is 11.8 Å². The second kappa shape index (κ2) is 2.57. The molecule has 4 unspecified atom stereocenters. The highest BCUT2D eigenvalue weighted by Crippen LogP contribution is 2.72. The molecular formula is C14H26. The van der Waals surface area contributed by atoms with Crippen molar-refractivity contribution in [1.29, 1.82) is 0 Å². The van der Waals surface area contributed by atoms with Gasteiger partial charge in [-0.1, -0.05) is 41.5 Å². The predicted octanol–water partition coefficient (Wildman–Crippen LogP) is 4.49. The molecule has 2 aliphatic rings. The van der Waals surface area contributed by atoms with Gasteiger partial charge in [0.2, 0.25) is 0 Å². The molecular weight excluding hydrogens is 168 g/mol. The van der Waals surface area contributed by atoms with Gasteiger partial charge in [-0.2, -0.15) is 0 Å². The molecule has 0 heteroatoms. The summed E-state index contributed by atoms with van der Waals surface area (Å²) < 4.78 is 0. The molecule has 0 aromatic carbocycles. The average Bonchev–Trinajstić information content (AvgIpc) is 2.48. The van der Waals surface area contributed by atoms with Crippen molar-refractivity contribution >= 4 is 0 Å². The molecule has 0 nitrogen and oxygen atoms in total. The second-order valence-corrected chi connectivity index (χ2v) is 7.31. The Morgan fingerprint density at radius 1 is 1.00 bits per heavy atom. The van der Waals surface area contributed by atoms with E-state index >= 15 is 0 Å². The average molecular weight is 194 g/mol. The molecule has 0 heterocycles. The largest absolute Gasteiger partial charge is 0.0617 e. The maximum absolute atomic E-state index is 2.52. The van der Waals surface area contributed by atoms with Gasteiger partial charge in [0, 0.05) is 0 Å². The normalized spacial score (nSPS) is 52.7. The molecule has 2 aliphatic carbocycles. The Kier molecular flexibility index (Phi) is 1.93. The maximum Gasteiger partial charge on any atom is -0.0215 e. The quantitative estimate of drug-likeness (QED) is 0.533. The van der Waals surface area contributed by atoms with E-state index in [1.165, 1.54) is 19.3 Å². The highest BCUT2D eigenvalue weighted by molar-refractivity contribution is 5.12. The topological polar surface area (TPSA) is 0 Å². The van der Waals surface area contributed by atoms with E-state index in [2.05, 4.69) is 41.5 Å². The van der Waals surface area contributed by atoms with E-state index in [9.17, 15) is 0 Å². The van der Waals surface area contributed by atoms with Crippen LogP contribution >= 0.6 is 0 Å². The molecule has 0 N–H and O–H groups in total. The van der Waals surface area contributed by atoms with E-state index in [1.807, 2.05) is 0 Å². The van der Waals surface area contributed by atoms with Gasteiger partial charge >= 0.3 is 0 Å². The smallest absolute Gasteiger partial charge is 0.0215 e. The third-order valence-electron chi connectivity index (χ3n) is 6.08. The SMILES string of the molecule is CC1C(C)C2(C(C)(C)C)CCC1(C)C2. The van der Waals surface area contributed by atoms with Gasteiger partial charge < -0.3 is 0 Å². The Labute approximate surface area is 89.5 Å². The standard InChI is InChI=1S/C14H26/c1-10-11(2)14(12(3,4)5)8-7-13(10,6)9-14/h10-11H,7-9H2,1-6H3. The molecule has 82 valence electrons. The first-order valence-electron chi connectivity index (χ1n) is 6.23. The summed E-state index contributed by atoms with van der Waals surface area (Å²) in [4.78, 5) is 0. The first kappa shape index (κ1) is 10.5. The van der Waals surface area contributed by atoms with Crippen molar-refractivity contribution in [1.82, 2.24) is 0 Å². The van der Waals surface area contributed by atoms with Crippen LogP contribution in [-0.4, -0.2) is 0 Å². The number of hydrogen-bond donors (Lipinski definition) is 0. The third-order valence-corrected chi connectivity index (χ3v) is 6.08. The highest BCUT2D eigenvalue weighted by atomic mass is 14.7. The van der Waals surface area contributed by atoms with E-state index in [1.54, 1.807) is 0 Å². The summed E-state index contributed by atoms with van der Waals surface area (Å²) >= 11 is 0.